The SMILES string of the molecule is Cc1cccc(C(=O)N(C)c2ccc(C(N)=S)cc2)c1. The Labute approximate surface area is 124 Å². The van der Waals surface area contributed by atoms with Crippen LogP contribution >= 0.6 is 12.2 Å². The van der Waals surface area contributed by atoms with E-state index in [1.165, 1.54) is 0 Å². The summed E-state index contributed by atoms with van der Waals surface area (Å²) in [7, 11) is 1.75. The molecule has 0 spiro atoms. The summed E-state index contributed by atoms with van der Waals surface area (Å²) < 4.78 is 0. The number of rotatable bonds is 3. The number of hydrogen-bond acceptors (Lipinski definition) is 2. The predicted octanol–water partition coefficient (Wildman–Crippen LogP) is 2.91. The highest BCUT2D eigenvalue weighted by Crippen LogP contribution is 2.17. The lowest BCUT2D eigenvalue weighted by Crippen LogP contribution is -2.26. The minimum Gasteiger partial charge on any atom is -0.389 e. The number of nitrogens with two attached hydrogens (primary N) is 1. The van der Waals surface area contributed by atoms with Crippen molar-refractivity contribution < 1.29 is 4.79 Å². The van der Waals surface area contributed by atoms with E-state index in [2.05, 4.69) is 0 Å². The Balaban J connectivity index is 2.24. The van der Waals surface area contributed by atoms with Crippen LogP contribution in [0.3, 0.4) is 0 Å². The fourth-order valence-electron chi connectivity index (χ4n) is 1.94. The van der Waals surface area contributed by atoms with Gasteiger partial charge in [0.25, 0.3) is 5.91 Å². The van der Waals surface area contributed by atoms with Crippen molar-refractivity contribution in [3.8, 4) is 0 Å². The van der Waals surface area contributed by atoms with Gasteiger partial charge in [-0.2, -0.15) is 0 Å². The summed E-state index contributed by atoms with van der Waals surface area (Å²) in [6.07, 6.45) is 0. The molecule has 102 valence electrons. The molecule has 2 rings (SSSR count). The van der Waals surface area contributed by atoms with Crippen LogP contribution in [0, 0.1) is 6.92 Å². The molecule has 3 nitrogen and oxygen atoms in total. The second kappa shape index (κ2) is 5.84. The maximum absolute atomic E-state index is 12.4. The predicted molar refractivity (Wildman–Crippen MR) is 86.2 cm³/mol. The van der Waals surface area contributed by atoms with Crippen LogP contribution in [-0.4, -0.2) is 17.9 Å². The molecule has 0 saturated heterocycles. The van der Waals surface area contributed by atoms with Crippen LogP contribution in [0.25, 0.3) is 0 Å². The standard InChI is InChI=1S/C16H16N2OS/c1-11-4-3-5-13(10-11)16(19)18(2)14-8-6-12(7-9-14)15(17)20/h3-10H,1-2H3,(H2,17,20). The van der Waals surface area contributed by atoms with Crippen LogP contribution in [-0.2, 0) is 0 Å². The van der Waals surface area contributed by atoms with Crippen LogP contribution < -0.4 is 10.6 Å². The van der Waals surface area contributed by atoms with Crippen LogP contribution in [0.1, 0.15) is 21.5 Å². The molecule has 1 amide bonds. The van der Waals surface area contributed by atoms with Gasteiger partial charge in [-0.3, -0.25) is 4.79 Å². The third-order valence-electron chi connectivity index (χ3n) is 3.11. The normalized spacial score (nSPS) is 10.1. The van der Waals surface area contributed by atoms with Gasteiger partial charge in [-0.05, 0) is 43.3 Å². The molecule has 0 atom stereocenters. The lowest BCUT2D eigenvalue weighted by molar-refractivity contribution is 0.0993. The molecule has 2 N–H and O–H groups in total. The van der Waals surface area contributed by atoms with Crippen molar-refractivity contribution >= 4 is 28.8 Å². The molecule has 0 aliphatic rings. The Morgan fingerprint density at radius 2 is 1.75 bits per heavy atom. The third kappa shape index (κ3) is 3.03. The van der Waals surface area contributed by atoms with E-state index in [9.17, 15) is 4.79 Å². The minimum absolute atomic E-state index is 0.0447. The Bertz CT molecular complexity index is 650. The van der Waals surface area contributed by atoms with Gasteiger partial charge in [0.1, 0.15) is 4.99 Å². The highest BCUT2D eigenvalue weighted by molar-refractivity contribution is 7.80. The van der Waals surface area contributed by atoms with Crippen LogP contribution in [0.15, 0.2) is 48.5 Å². The average molecular weight is 284 g/mol. The van der Waals surface area contributed by atoms with Crippen molar-refractivity contribution in [3.63, 3.8) is 0 Å². The Kier molecular flexibility index (Phi) is 4.15. The van der Waals surface area contributed by atoms with Crippen molar-refractivity contribution in [2.45, 2.75) is 6.92 Å². The second-order valence-electron chi connectivity index (χ2n) is 4.64. The molecule has 0 fully saturated rings. The molecule has 2 aromatic carbocycles. The number of benzene rings is 2. The van der Waals surface area contributed by atoms with Crippen LogP contribution in [0.2, 0.25) is 0 Å². The molecule has 0 aliphatic carbocycles. The number of nitrogens with zero attached hydrogens (tertiary/aromatic N) is 1. The lowest BCUT2D eigenvalue weighted by atomic mass is 10.1. The maximum Gasteiger partial charge on any atom is 0.258 e. The Morgan fingerprint density at radius 3 is 2.30 bits per heavy atom. The summed E-state index contributed by atoms with van der Waals surface area (Å²) in [6.45, 7) is 1.97. The van der Waals surface area contributed by atoms with Gasteiger partial charge in [-0.25, -0.2) is 0 Å². The number of thiocarbonyl (C=S) groups is 1. The molecule has 20 heavy (non-hydrogen) atoms. The van der Waals surface area contributed by atoms with Gasteiger partial charge in [-0.15, -0.1) is 0 Å². The minimum atomic E-state index is -0.0447. The number of aryl methyl sites for hydroxylation is 1. The molecular formula is C16H16N2OS. The van der Waals surface area contributed by atoms with E-state index in [1.54, 1.807) is 11.9 Å². The first kappa shape index (κ1) is 14.2. The van der Waals surface area contributed by atoms with Crippen molar-refractivity contribution in [1.82, 2.24) is 0 Å². The Morgan fingerprint density at radius 1 is 1.10 bits per heavy atom. The summed E-state index contributed by atoms with van der Waals surface area (Å²) in [5, 5.41) is 0. The van der Waals surface area contributed by atoms with E-state index in [4.69, 9.17) is 18.0 Å². The fourth-order valence-corrected chi connectivity index (χ4v) is 2.07. The smallest absolute Gasteiger partial charge is 0.258 e. The van der Waals surface area contributed by atoms with Crippen molar-refractivity contribution in [1.29, 1.82) is 0 Å². The zero-order valence-electron chi connectivity index (χ0n) is 11.5. The van der Waals surface area contributed by atoms with E-state index >= 15 is 0 Å². The molecule has 0 radical (unpaired) electrons. The van der Waals surface area contributed by atoms with E-state index < -0.39 is 0 Å². The monoisotopic (exact) mass is 284 g/mol. The number of carbonyl (C=O) groups is 1. The first-order chi connectivity index (χ1) is 9.49. The summed E-state index contributed by atoms with van der Waals surface area (Å²) in [6, 6.07) is 14.8. The summed E-state index contributed by atoms with van der Waals surface area (Å²) in [5.41, 5.74) is 8.89. The molecule has 4 heteroatoms. The topological polar surface area (TPSA) is 46.3 Å². The average Bonchev–Trinajstić information content (AvgIpc) is 2.46. The van der Waals surface area contributed by atoms with E-state index in [0.29, 0.717) is 10.6 Å². The Hall–Kier alpha value is -2.20. The van der Waals surface area contributed by atoms with Crippen molar-refractivity contribution in [3.05, 3.63) is 65.2 Å². The van der Waals surface area contributed by atoms with Crippen LogP contribution in [0.5, 0.6) is 0 Å². The molecular weight excluding hydrogens is 268 g/mol. The van der Waals surface area contributed by atoms with Gasteiger partial charge in [0.05, 0.1) is 0 Å². The van der Waals surface area contributed by atoms with E-state index in [1.807, 2.05) is 55.5 Å². The summed E-state index contributed by atoms with van der Waals surface area (Å²) in [5.74, 6) is -0.0447. The summed E-state index contributed by atoms with van der Waals surface area (Å²) >= 11 is 4.91. The van der Waals surface area contributed by atoms with Crippen LogP contribution in [0.4, 0.5) is 5.69 Å². The van der Waals surface area contributed by atoms with E-state index in [-0.39, 0.29) is 5.91 Å². The first-order valence-electron chi connectivity index (χ1n) is 6.23. The van der Waals surface area contributed by atoms with Gasteiger partial charge in [0.15, 0.2) is 0 Å². The zero-order chi connectivity index (χ0) is 14.7. The first-order valence-corrected chi connectivity index (χ1v) is 6.64. The fraction of sp³-hybridized carbons (Fsp3) is 0.125. The largest absolute Gasteiger partial charge is 0.389 e. The molecule has 0 aliphatic heterocycles. The molecule has 0 aromatic heterocycles. The van der Waals surface area contributed by atoms with E-state index in [0.717, 1.165) is 16.8 Å². The zero-order valence-corrected chi connectivity index (χ0v) is 12.3. The number of amides is 1. The lowest BCUT2D eigenvalue weighted by Gasteiger charge is -2.18. The van der Waals surface area contributed by atoms with Crippen molar-refractivity contribution in [2.75, 3.05) is 11.9 Å². The second-order valence-corrected chi connectivity index (χ2v) is 5.08. The van der Waals surface area contributed by atoms with Gasteiger partial charge in [-0.1, -0.05) is 29.9 Å². The molecule has 0 saturated carbocycles. The van der Waals surface area contributed by atoms with Crippen molar-refractivity contribution in [2.24, 2.45) is 5.73 Å². The number of hydrogen-bond donors (Lipinski definition) is 1. The molecule has 0 bridgehead atoms. The van der Waals surface area contributed by atoms with Gasteiger partial charge < -0.3 is 10.6 Å². The maximum atomic E-state index is 12.4. The van der Waals surface area contributed by atoms with Gasteiger partial charge in [0, 0.05) is 23.9 Å². The highest BCUT2D eigenvalue weighted by atomic mass is 32.1. The van der Waals surface area contributed by atoms with Gasteiger partial charge >= 0.3 is 0 Å². The highest BCUT2D eigenvalue weighted by Gasteiger charge is 2.13. The summed E-state index contributed by atoms with van der Waals surface area (Å²) in [4.78, 5) is 14.4. The molecule has 2 aromatic rings. The quantitative estimate of drug-likeness (QED) is 0.882. The molecule has 0 heterocycles. The number of anilines is 1. The van der Waals surface area contributed by atoms with Gasteiger partial charge in [0.2, 0.25) is 0 Å². The third-order valence-corrected chi connectivity index (χ3v) is 3.34. The molecule has 0 unspecified atom stereocenters. The number of carbonyl (C=O) groups excluding carboxylic acids is 1.